The number of amides is 1. The van der Waals surface area contributed by atoms with E-state index in [1.54, 1.807) is 6.92 Å². The molecule has 5 heteroatoms. The van der Waals surface area contributed by atoms with E-state index in [0.29, 0.717) is 6.42 Å². The van der Waals surface area contributed by atoms with E-state index in [2.05, 4.69) is 5.32 Å². The van der Waals surface area contributed by atoms with Crippen LogP contribution in [0.3, 0.4) is 0 Å². The molecule has 0 aliphatic rings. The molecule has 1 aromatic carbocycles. The van der Waals surface area contributed by atoms with Crippen molar-refractivity contribution in [2.24, 2.45) is 0 Å². The van der Waals surface area contributed by atoms with E-state index in [0.717, 1.165) is 11.3 Å². The van der Waals surface area contributed by atoms with Crippen molar-refractivity contribution < 1.29 is 14.7 Å². The van der Waals surface area contributed by atoms with Gasteiger partial charge in [-0.3, -0.25) is 4.79 Å². The normalized spacial score (nSPS) is 11.8. The van der Waals surface area contributed by atoms with Crippen LogP contribution in [0.5, 0.6) is 0 Å². The van der Waals surface area contributed by atoms with Crippen LogP contribution < -0.4 is 5.32 Å². The summed E-state index contributed by atoms with van der Waals surface area (Å²) in [7, 11) is 0. The molecular formula is C13H17NO3S. The van der Waals surface area contributed by atoms with Crippen LogP contribution in [0.2, 0.25) is 0 Å². The number of hydrogen-bond acceptors (Lipinski definition) is 3. The van der Waals surface area contributed by atoms with Gasteiger partial charge in [-0.05, 0) is 12.0 Å². The summed E-state index contributed by atoms with van der Waals surface area (Å²) in [6.45, 7) is 1.73. The van der Waals surface area contributed by atoms with Crippen molar-refractivity contribution >= 4 is 23.6 Å². The zero-order valence-corrected chi connectivity index (χ0v) is 11.1. The Morgan fingerprint density at radius 2 is 2.00 bits per heavy atom. The molecule has 1 amide bonds. The van der Waals surface area contributed by atoms with Crippen molar-refractivity contribution in [2.75, 3.05) is 5.75 Å². The van der Waals surface area contributed by atoms with Crippen LogP contribution in [0.4, 0.5) is 0 Å². The Hall–Kier alpha value is -1.49. The number of nitrogens with one attached hydrogen (secondary N) is 1. The van der Waals surface area contributed by atoms with Gasteiger partial charge in [0.25, 0.3) is 0 Å². The Kier molecular flexibility index (Phi) is 6.28. The fourth-order valence-electron chi connectivity index (χ4n) is 1.41. The quantitative estimate of drug-likeness (QED) is 0.792. The first-order valence-electron chi connectivity index (χ1n) is 5.77. The number of rotatable bonds is 7. The second kappa shape index (κ2) is 7.76. The lowest BCUT2D eigenvalue weighted by molar-refractivity contribution is -0.141. The molecule has 0 bridgehead atoms. The van der Waals surface area contributed by atoms with Gasteiger partial charge in [0.1, 0.15) is 6.04 Å². The van der Waals surface area contributed by atoms with E-state index in [1.165, 1.54) is 11.8 Å². The summed E-state index contributed by atoms with van der Waals surface area (Å²) in [6, 6.07) is 9.06. The minimum Gasteiger partial charge on any atom is -0.480 e. The van der Waals surface area contributed by atoms with Crippen molar-refractivity contribution in [3.05, 3.63) is 35.9 Å². The van der Waals surface area contributed by atoms with E-state index in [9.17, 15) is 9.59 Å². The highest BCUT2D eigenvalue weighted by atomic mass is 32.2. The van der Waals surface area contributed by atoms with Gasteiger partial charge in [0.15, 0.2) is 0 Å². The Balaban J connectivity index is 2.27. The molecule has 2 N–H and O–H groups in total. The summed E-state index contributed by atoms with van der Waals surface area (Å²) in [5, 5.41) is 11.3. The Morgan fingerprint density at radius 1 is 1.33 bits per heavy atom. The number of thioether (sulfide) groups is 1. The van der Waals surface area contributed by atoms with Crippen molar-refractivity contribution in [3.8, 4) is 0 Å². The van der Waals surface area contributed by atoms with Gasteiger partial charge in [0, 0.05) is 5.75 Å². The summed E-state index contributed by atoms with van der Waals surface area (Å²) in [5.41, 5.74) is 1.15. The van der Waals surface area contributed by atoms with E-state index < -0.39 is 12.0 Å². The summed E-state index contributed by atoms with van der Waals surface area (Å²) in [6.07, 6.45) is 0.393. The number of carboxylic acid groups (broad SMARTS) is 1. The third-order valence-corrected chi connectivity index (χ3v) is 3.39. The molecule has 0 unspecified atom stereocenters. The molecule has 0 aliphatic heterocycles. The van der Waals surface area contributed by atoms with Gasteiger partial charge in [-0.1, -0.05) is 37.3 Å². The molecule has 0 saturated carbocycles. The van der Waals surface area contributed by atoms with Gasteiger partial charge in [-0.15, -0.1) is 11.8 Å². The SMILES string of the molecule is CC[C@H](NC(=O)CSCc1ccccc1)C(=O)O. The maximum atomic E-state index is 11.5. The van der Waals surface area contributed by atoms with Crippen molar-refractivity contribution in [1.82, 2.24) is 5.32 Å². The van der Waals surface area contributed by atoms with Gasteiger partial charge >= 0.3 is 5.97 Å². The third kappa shape index (κ3) is 5.23. The predicted molar refractivity (Wildman–Crippen MR) is 72.5 cm³/mol. The monoisotopic (exact) mass is 267 g/mol. The zero-order valence-electron chi connectivity index (χ0n) is 10.3. The molecule has 1 rings (SSSR count). The molecule has 0 fully saturated rings. The maximum Gasteiger partial charge on any atom is 0.326 e. The smallest absolute Gasteiger partial charge is 0.326 e. The van der Waals surface area contributed by atoms with Gasteiger partial charge in [-0.2, -0.15) is 0 Å². The lowest BCUT2D eigenvalue weighted by Crippen LogP contribution is -2.41. The molecule has 98 valence electrons. The Labute approximate surface area is 111 Å². The predicted octanol–water partition coefficient (Wildman–Crippen LogP) is 1.90. The molecule has 0 spiro atoms. The average molecular weight is 267 g/mol. The molecule has 1 aromatic rings. The fraction of sp³-hybridized carbons (Fsp3) is 0.385. The summed E-state index contributed by atoms with van der Waals surface area (Å²) in [4.78, 5) is 22.3. The number of carbonyl (C=O) groups excluding carboxylic acids is 1. The number of carboxylic acids is 1. The summed E-state index contributed by atoms with van der Waals surface area (Å²) in [5.74, 6) is -0.194. The molecular weight excluding hydrogens is 250 g/mol. The highest BCUT2D eigenvalue weighted by molar-refractivity contribution is 7.99. The number of aliphatic carboxylic acids is 1. The summed E-state index contributed by atoms with van der Waals surface area (Å²) >= 11 is 1.47. The Morgan fingerprint density at radius 3 is 2.56 bits per heavy atom. The topological polar surface area (TPSA) is 66.4 Å². The van der Waals surface area contributed by atoms with Crippen LogP contribution >= 0.6 is 11.8 Å². The second-order valence-electron chi connectivity index (χ2n) is 3.84. The van der Waals surface area contributed by atoms with Crippen molar-refractivity contribution in [1.29, 1.82) is 0 Å². The van der Waals surface area contributed by atoms with Crippen LogP contribution in [0.1, 0.15) is 18.9 Å². The van der Waals surface area contributed by atoms with Crippen molar-refractivity contribution in [2.45, 2.75) is 25.1 Å². The first-order valence-corrected chi connectivity index (χ1v) is 6.92. The van der Waals surface area contributed by atoms with Gasteiger partial charge in [0.05, 0.1) is 5.75 Å². The van der Waals surface area contributed by atoms with E-state index in [1.807, 2.05) is 30.3 Å². The van der Waals surface area contributed by atoms with E-state index >= 15 is 0 Å². The fourth-order valence-corrected chi connectivity index (χ4v) is 2.21. The van der Waals surface area contributed by atoms with Crippen molar-refractivity contribution in [3.63, 3.8) is 0 Å². The van der Waals surface area contributed by atoms with Crippen LogP contribution in [0.25, 0.3) is 0 Å². The number of carbonyl (C=O) groups is 2. The first kappa shape index (κ1) is 14.6. The lowest BCUT2D eigenvalue weighted by atomic mass is 10.2. The standard InChI is InChI=1S/C13H17NO3S/c1-2-11(13(16)17)14-12(15)9-18-8-10-6-4-3-5-7-10/h3-7,11H,2,8-9H2,1H3,(H,14,15)(H,16,17)/t11-/m0/s1. The molecule has 4 nitrogen and oxygen atoms in total. The summed E-state index contributed by atoms with van der Waals surface area (Å²) < 4.78 is 0. The van der Waals surface area contributed by atoms with Gasteiger partial charge in [-0.25, -0.2) is 4.79 Å². The third-order valence-electron chi connectivity index (χ3n) is 2.39. The number of benzene rings is 1. The second-order valence-corrected chi connectivity index (χ2v) is 4.83. The molecule has 0 aromatic heterocycles. The van der Waals surface area contributed by atoms with Crippen LogP contribution in [0.15, 0.2) is 30.3 Å². The van der Waals surface area contributed by atoms with Gasteiger partial charge < -0.3 is 10.4 Å². The molecule has 18 heavy (non-hydrogen) atoms. The molecule has 1 atom stereocenters. The Bertz CT molecular complexity index is 394. The van der Waals surface area contributed by atoms with Gasteiger partial charge in [0.2, 0.25) is 5.91 Å². The minimum atomic E-state index is -0.987. The molecule has 0 radical (unpaired) electrons. The highest BCUT2D eigenvalue weighted by Crippen LogP contribution is 2.11. The molecule has 0 saturated heterocycles. The van der Waals surface area contributed by atoms with Crippen LogP contribution in [-0.4, -0.2) is 28.8 Å². The van der Waals surface area contributed by atoms with Crippen LogP contribution in [-0.2, 0) is 15.3 Å². The first-order chi connectivity index (χ1) is 8.63. The zero-order chi connectivity index (χ0) is 13.4. The highest BCUT2D eigenvalue weighted by Gasteiger charge is 2.16. The minimum absolute atomic E-state index is 0.231. The van der Waals surface area contributed by atoms with E-state index in [4.69, 9.17) is 5.11 Å². The van der Waals surface area contributed by atoms with Crippen LogP contribution in [0, 0.1) is 0 Å². The average Bonchev–Trinajstić information content (AvgIpc) is 2.37. The molecule has 0 aliphatic carbocycles. The lowest BCUT2D eigenvalue weighted by Gasteiger charge is -2.11. The molecule has 0 heterocycles. The largest absolute Gasteiger partial charge is 0.480 e. The maximum absolute atomic E-state index is 11.5. The van der Waals surface area contributed by atoms with E-state index in [-0.39, 0.29) is 11.7 Å². The number of hydrogen-bond donors (Lipinski definition) is 2.